The largest absolute Gasteiger partial charge is 0.382 e. The second kappa shape index (κ2) is 11.3. The number of fused-ring (bicyclic) bond motifs is 1. The van der Waals surface area contributed by atoms with E-state index >= 15 is 0 Å². The van der Waals surface area contributed by atoms with Crippen molar-refractivity contribution < 1.29 is 9.53 Å². The number of para-hydroxylation sites is 2. The quantitative estimate of drug-likeness (QED) is 0.493. The van der Waals surface area contributed by atoms with Crippen LogP contribution in [0.3, 0.4) is 0 Å². The number of aryl methyl sites for hydroxylation is 1. The zero-order valence-electron chi connectivity index (χ0n) is 20.1. The van der Waals surface area contributed by atoms with Crippen molar-refractivity contribution in [1.29, 1.82) is 0 Å². The first kappa shape index (κ1) is 24.0. The van der Waals surface area contributed by atoms with Crippen molar-refractivity contribution in [3.8, 4) is 0 Å². The Bertz CT molecular complexity index is 1170. The highest BCUT2D eigenvalue weighted by Gasteiger charge is 2.28. The first-order chi connectivity index (χ1) is 16.6. The fourth-order valence-electron chi connectivity index (χ4n) is 4.48. The van der Waals surface area contributed by atoms with Gasteiger partial charge in [-0.3, -0.25) is 14.2 Å². The summed E-state index contributed by atoms with van der Waals surface area (Å²) in [7, 11) is 0. The summed E-state index contributed by atoms with van der Waals surface area (Å²) >= 11 is 0. The van der Waals surface area contributed by atoms with Crippen molar-refractivity contribution in [1.82, 2.24) is 14.9 Å². The third-order valence-electron chi connectivity index (χ3n) is 6.36. The van der Waals surface area contributed by atoms with Gasteiger partial charge in [0.2, 0.25) is 5.91 Å². The van der Waals surface area contributed by atoms with Crippen LogP contribution in [0.4, 0.5) is 5.82 Å². The minimum Gasteiger partial charge on any atom is -0.382 e. The van der Waals surface area contributed by atoms with Gasteiger partial charge in [0.1, 0.15) is 0 Å². The second-order valence-corrected chi connectivity index (χ2v) is 8.93. The second-order valence-electron chi connectivity index (χ2n) is 8.93. The Morgan fingerprint density at radius 2 is 1.97 bits per heavy atom. The van der Waals surface area contributed by atoms with Gasteiger partial charge in [-0.15, -0.1) is 0 Å². The normalized spacial score (nSPS) is 16.1. The summed E-state index contributed by atoms with van der Waals surface area (Å²) in [6, 6.07) is 16.0. The fraction of sp³-hybridized carbons (Fsp3) is 0.444. The number of amides is 1. The standard InChI is InChI=1S/C27H34N4O3/c1-3-34-17-7-15-28-26(32)22-8-6-16-30(19-22)25-27(33)31(18-21-13-11-20(2)12-14-21)24-10-5-4-9-23(24)29-25/h4-5,9-14,22H,3,6-8,15-19H2,1-2H3,(H,28,32)/t22-/m0/s1. The Morgan fingerprint density at radius 1 is 1.18 bits per heavy atom. The third-order valence-corrected chi connectivity index (χ3v) is 6.36. The van der Waals surface area contributed by atoms with Gasteiger partial charge >= 0.3 is 0 Å². The van der Waals surface area contributed by atoms with Crippen LogP contribution in [0.5, 0.6) is 0 Å². The molecule has 1 aromatic heterocycles. The lowest BCUT2D eigenvalue weighted by Gasteiger charge is -2.32. The smallest absolute Gasteiger partial charge is 0.294 e. The molecule has 1 N–H and O–H groups in total. The van der Waals surface area contributed by atoms with Crippen LogP contribution in [0.2, 0.25) is 0 Å². The maximum atomic E-state index is 13.6. The average molecular weight is 463 g/mol. The molecule has 180 valence electrons. The summed E-state index contributed by atoms with van der Waals surface area (Å²) < 4.78 is 7.14. The van der Waals surface area contributed by atoms with Crippen molar-refractivity contribution in [3.63, 3.8) is 0 Å². The van der Waals surface area contributed by atoms with Gasteiger partial charge in [0.15, 0.2) is 5.82 Å². The first-order valence-corrected chi connectivity index (χ1v) is 12.2. The molecule has 0 aliphatic carbocycles. The molecular formula is C27H34N4O3. The zero-order valence-corrected chi connectivity index (χ0v) is 20.1. The van der Waals surface area contributed by atoms with Crippen LogP contribution in [0.15, 0.2) is 53.3 Å². The SMILES string of the molecule is CCOCCCNC(=O)[C@H]1CCCN(c2nc3ccccc3n(Cc3ccc(C)cc3)c2=O)C1. The van der Waals surface area contributed by atoms with Crippen LogP contribution in [-0.2, 0) is 16.1 Å². The summed E-state index contributed by atoms with van der Waals surface area (Å²) in [4.78, 5) is 33.1. The van der Waals surface area contributed by atoms with Gasteiger partial charge in [-0.2, -0.15) is 0 Å². The third kappa shape index (κ3) is 5.65. The maximum Gasteiger partial charge on any atom is 0.294 e. The lowest BCUT2D eigenvalue weighted by atomic mass is 9.97. The molecule has 2 heterocycles. The molecule has 0 unspecified atom stereocenters. The molecule has 34 heavy (non-hydrogen) atoms. The van der Waals surface area contributed by atoms with Crippen LogP contribution in [0.1, 0.15) is 37.3 Å². The number of nitrogens with zero attached hydrogens (tertiary/aromatic N) is 3. The molecule has 7 heteroatoms. The highest BCUT2D eigenvalue weighted by molar-refractivity contribution is 5.80. The summed E-state index contributed by atoms with van der Waals surface area (Å²) in [5.41, 5.74) is 3.74. The van der Waals surface area contributed by atoms with Gasteiger partial charge in [-0.25, -0.2) is 4.98 Å². The van der Waals surface area contributed by atoms with Crippen molar-refractivity contribution in [2.45, 2.75) is 39.7 Å². The molecule has 3 aromatic rings. The van der Waals surface area contributed by atoms with E-state index in [1.54, 1.807) is 4.57 Å². The van der Waals surface area contributed by atoms with Crippen LogP contribution in [0.25, 0.3) is 11.0 Å². The maximum absolute atomic E-state index is 13.6. The van der Waals surface area contributed by atoms with Crippen LogP contribution in [-0.4, -0.2) is 48.3 Å². The molecule has 4 rings (SSSR count). The van der Waals surface area contributed by atoms with E-state index in [-0.39, 0.29) is 17.4 Å². The Kier molecular flexibility index (Phi) is 7.95. The van der Waals surface area contributed by atoms with E-state index in [1.807, 2.05) is 36.1 Å². The van der Waals surface area contributed by atoms with Crippen LogP contribution in [0, 0.1) is 12.8 Å². The molecule has 1 fully saturated rings. The molecular weight excluding hydrogens is 428 g/mol. The van der Waals surface area contributed by atoms with Gasteiger partial charge in [0, 0.05) is 32.8 Å². The van der Waals surface area contributed by atoms with Crippen molar-refractivity contribution in [2.75, 3.05) is 37.7 Å². The highest BCUT2D eigenvalue weighted by atomic mass is 16.5. The van der Waals surface area contributed by atoms with E-state index in [0.29, 0.717) is 38.7 Å². The molecule has 0 bridgehead atoms. The minimum atomic E-state index is -0.154. The van der Waals surface area contributed by atoms with Crippen molar-refractivity contribution in [2.24, 2.45) is 5.92 Å². The van der Waals surface area contributed by atoms with Gasteiger partial charge in [0.05, 0.1) is 23.5 Å². The molecule has 7 nitrogen and oxygen atoms in total. The number of hydrogen-bond donors (Lipinski definition) is 1. The first-order valence-electron chi connectivity index (χ1n) is 12.2. The molecule has 1 amide bonds. The lowest BCUT2D eigenvalue weighted by molar-refractivity contribution is -0.125. The molecule has 0 saturated carbocycles. The fourth-order valence-corrected chi connectivity index (χ4v) is 4.48. The number of nitrogens with one attached hydrogen (secondary N) is 1. The number of aromatic nitrogens is 2. The van der Waals surface area contributed by atoms with Gasteiger partial charge < -0.3 is 15.0 Å². The summed E-state index contributed by atoms with van der Waals surface area (Å²) in [5, 5.41) is 3.03. The molecule has 2 aromatic carbocycles. The Labute approximate surface area is 200 Å². The number of hydrogen-bond acceptors (Lipinski definition) is 5. The predicted molar refractivity (Wildman–Crippen MR) is 135 cm³/mol. The molecule has 1 aliphatic rings. The van der Waals surface area contributed by atoms with E-state index in [4.69, 9.17) is 9.72 Å². The Morgan fingerprint density at radius 3 is 2.76 bits per heavy atom. The number of carbonyl (C=O) groups is 1. The van der Waals surface area contributed by atoms with E-state index < -0.39 is 0 Å². The Balaban J connectivity index is 1.56. The molecule has 1 atom stereocenters. The van der Waals surface area contributed by atoms with Crippen molar-refractivity contribution >= 4 is 22.8 Å². The molecule has 0 radical (unpaired) electrons. The van der Waals surface area contributed by atoms with E-state index in [9.17, 15) is 9.59 Å². The minimum absolute atomic E-state index is 0.0435. The zero-order chi connectivity index (χ0) is 23.9. The predicted octanol–water partition coefficient (Wildman–Crippen LogP) is 3.51. The van der Waals surface area contributed by atoms with E-state index in [2.05, 4.69) is 36.5 Å². The monoisotopic (exact) mass is 462 g/mol. The highest BCUT2D eigenvalue weighted by Crippen LogP contribution is 2.22. The number of piperidine rings is 1. The molecule has 1 aliphatic heterocycles. The number of ether oxygens (including phenoxy) is 1. The van der Waals surface area contributed by atoms with Gasteiger partial charge in [-0.1, -0.05) is 42.0 Å². The topological polar surface area (TPSA) is 76.5 Å². The molecule has 1 saturated heterocycles. The van der Waals surface area contributed by atoms with Crippen LogP contribution < -0.4 is 15.8 Å². The number of anilines is 1. The Hall–Kier alpha value is -3.19. The van der Waals surface area contributed by atoms with E-state index in [1.165, 1.54) is 5.56 Å². The summed E-state index contributed by atoms with van der Waals surface area (Å²) in [6.07, 6.45) is 2.47. The van der Waals surface area contributed by atoms with Crippen LogP contribution >= 0.6 is 0 Å². The summed E-state index contributed by atoms with van der Waals surface area (Å²) in [5.74, 6) is 0.320. The van der Waals surface area contributed by atoms with E-state index in [0.717, 1.165) is 42.4 Å². The summed E-state index contributed by atoms with van der Waals surface area (Å²) in [6.45, 7) is 7.66. The average Bonchev–Trinajstić information content (AvgIpc) is 2.86. The van der Waals surface area contributed by atoms with Gasteiger partial charge in [0.25, 0.3) is 5.56 Å². The lowest BCUT2D eigenvalue weighted by Crippen LogP contribution is -2.46. The number of rotatable bonds is 9. The van der Waals surface area contributed by atoms with Gasteiger partial charge in [-0.05, 0) is 50.8 Å². The number of benzene rings is 2. The molecule has 0 spiro atoms. The van der Waals surface area contributed by atoms with Crippen molar-refractivity contribution in [3.05, 3.63) is 70.0 Å². The number of carbonyl (C=O) groups excluding carboxylic acids is 1.